The van der Waals surface area contributed by atoms with Gasteiger partial charge in [-0.3, -0.25) is 4.98 Å². The molecule has 0 spiro atoms. The molecule has 3 aromatic heterocycles. The van der Waals surface area contributed by atoms with Crippen molar-refractivity contribution in [2.45, 2.75) is 84.5 Å². The fraction of sp³-hybridized carbons (Fsp3) is 0.271. The van der Waals surface area contributed by atoms with E-state index in [-0.39, 0.29) is 61.0 Å². The van der Waals surface area contributed by atoms with Gasteiger partial charge in [0, 0.05) is 41.1 Å². The minimum Gasteiger partial charge on any atom is -0.331 e. The Morgan fingerprint density at radius 3 is 2.05 bits per heavy atom. The molecule has 8 heteroatoms. The molecule has 0 atom stereocenters. The maximum atomic E-state index is 17.4. The Labute approximate surface area is 348 Å². The third kappa shape index (κ3) is 6.76. The smallest absolute Gasteiger partial charge is 0.331 e. The van der Waals surface area contributed by atoms with Gasteiger partial charge in [-0.15, -0.1) is 16.5 Å². The zero-order valence-corrected chi connectivity index (χ0v) is 35.2. The number of pyridine rings is 2. The molecule has 0 bridgehead atoms. The van der Waals surface area contributed by atoms with Crippen LogP contribution in [0.5, 0.6) is 0 Å². The van der Waals surface area contributed by atoms with Gasteiger partial charge < -0.3 is 4.57 Å². The number of alkyl halides is 2. The van der Waals surface area contributed by atoms with Crippen LogP contribution in [0.3, 0.4) is 0 Å². The van der Waals surface area contributed by atoms with Crippen molar-refractivity contribution in [2.75, 3.05) is 0 Å². The molecule has 56 heavy (non-hydrogen) atoms. The summed E-state index contributed by atoms with van der Waals surface area (Å²) in [5.41, 5.74) is 2.46. The van der Waals surface area contributed by atoms with Gasteiger partial charge in [0.2, 0.25) is 5.69 Å². The van der Waals surface area contributed by atoms with Crippen molar-refractivity contribution >= 4 is 50.6 Å². The van der Waals surface area contributed by atoms with Crippen LogP contribution in [0, 0.1) is 12.1 Å². The number of fused-ring (bicyclic) bond motifs is 4. The Kier molecular flexibility index (Phi) is 8.44. The first-order chi connectivity index (χ1) is 27.6. The van der Waals surface area contributed by atoms with Crippen molar-refractivity contribution in [2.24, 2.45) is 0 Å². The largest absolute Gasteiger partial charge is 2.00 e. The van der Waals surface area contributed by atoms with Crippen LogP contribution in [0.1, 0.15) is 95.7 Å². The number of benzene rings is 4. The van der Waals surface area contributed by atoms with E-state index in [1.54, 1.807) is 16.8 Å². The zero-order chi connectivity index (χ0) is 42.6. The van der Waals surface area contributed by atoms with E-state index in [0.29, 0.717) is 28.0 Å². The standard InChI is InChI=1S/C48H45F2N5.Pt/c1-45(2,3)31-22-23-51-44(27-31)55-38-18-12-10-16-35(38)36-29-52-43(28-42(36)55)48(49,50)33-24-32(46(4,5)6)25-34(26-33)53-30-54(41-21-15-14-20-40(41)53)39-19-13-11-17-37(39)47(7,8)9;/h10-25,27,29H,1-9H3;/q;+2/i14D,15D,20D,21D;. The van der Waals surface area contributed by atoms with Gasteiger partial charge >= 0.3 is 27.1 Å². The average Bonchev–Trinajstić information content (AvgIpc) is 3.75. The van der Waals surface area contributed by atoms with E-state index < -0.39 is 34.7 Å². The summed E-state index contributed by atoms with van der Waals surface area (Å²) < 4.78 is 75.1. The second-order valence-electron chi connectivity index (χ2n) is 17.2. The minimum atomic E-state index is -3.72. The molecular weight excluding hydrogens is 880 g/mol. The molecular formula is C48H45F2N5Pt+2. The van der Waals surface area contributed by atoms with Gasteiger partial charge in [-0.2, -0.15) is 20.9 Å². The van der Waals surface area contributed by atoms with Crippen molar-refractivity contribution in [3.05, 3.63) is 149 Å². The van der Waals surface area contributed by atoms with Crippen LogP contribution in [0.2, 0.25) is 0 Å². The van der Waals surface area contributed by atoms with Gasteiger partial charge in [0.05, 0.1) is 5.48 Å². The summed E-state index contributed by atoms with van der Waals surface area (Å²) in [6.45, 7) is 18.2. The normalized spacial score (nSPS) is 14.4. The fourth-order valence-electron chi connectivity index (χ4n) is 7.08. The Bertz CT molecular complexity index is 2970. The van der Waals surface area contributed by atoms with E-state index in [1.807, 2.05) is 86.0 Å². The molecule has 284 valence electrons. The molecule has 1 aliphatic rings. The monoisotopic (exact) mass is 928 g/mol. The summed E-state index contributed by atoms with van der Waals surface area (Å²) in [5, 5.41) is 1.48. The van der Waals surface area contributed by atoms with Crippen molar-refractivity contribution < 1.29 is 35.3 Å². The molecule has 8 rings (SSSR count). The summed E-state index contributed by atoms with van der Waals surface area (Å²) in [6.07, 6.45) is 3.20. The summed E-state index contributed by atoms with van der Waals surface area (Å²) in [5.74, 6) is -3.15. The maximum Gasteiger partial charge on any atom is 2.00 e. The van der Waals surface area contributed by atoms with Crippen LogP contribution >= 0.6 is 0 Å². The number of rotatable bonds is 5. The van der Waals surface area contributed by atoms with E-state index in [4.69, 9.17) is 5.48 Å². The topological polar surface area (TPSA) is 36.7 Å². The quantitative estimate of drug-likeness (QED) is 0.127. The van der Waals surface area contributed by atoms with Gasteiger partial charge in [-0.25, -0.2) is 4.98 Å². The summed E-state index contributed by atoms with van der Waals surface area (Å²) in [7, 11) is 0. The van der Waals surface area contributed by atoms with Crippen molar-refractivity contribution in [3.63, 3.8) is 0 Å². The number of halogens is 2. The number of hydrogen-bond donors (Lipinski definition) is 0. The number of hydrogen-bond acceptors (Lipinski definition) is 2. The first-order valence-electron chi connectivity index (χ1n) is 20.4. The molecule has 0 saturated heterocycles. The molecule has 0 radical (unpaired) electrons. The Morgan fingerprint density at radius 2 is 1.36 bits per heavy atom. The van der Waals surface area contributed by atoms with Crippen LogP contribution in [0.15, 0.2) is 109 Å². The molecule has 0 fully saturated rings. The molecule has 4 aromatic carbocycles. The van der Waals surface area contributed by atoms with Crippen LogP contribution < -0.4 is 9.15 Å². The summed E-state index contributed by atoms with van der Waals surface area (Å²) in [6, 6.07) is 30.1. The third-order valence-corrected chi connectivity index (χ3v) is 10.2. The second kappa shape index (κ2) is 13.8. The molecule has 0 aliphatic carbocycles. The van der Waals surface area contributed by atoms with Crippen LogP contribution in [-0.4, -0.2) is 20.5 Å². The number of para-hydroxylation sites is 4. The van der Waals surface area contributed by atoms with Gasteiger partial charge in [0.15, 0.2) is 0 Å². The Balaban J connectivity index is 0.00000544. The van der Waals surface area contributed by atoms with Gasteiger partial charge in [0.25, 0.3) is 17.3 Å². The van der Waals surface area contributed by atoms with E-state index in [1.165, 1.54) is 16.8 Å². The molecule has 0 amide bonds. The predicted molar refractivity (Wildman–Crippen MR) is 220 cm³/mol. The molecule has 0 saturated carbocycles. The predicted octanol–water partition coefficient (Wildman–Crippen LogP) is 12.1. The molecule has 4 heterocycles. The van der Waals surface area contributed by atoms with Gasteiger partial charge in [-0.1, -0.05) is 138 Å². The first-order valence-corrected chi connectivity index (χ1v) is 18.4. The van der Waals surface area contributed by atoms with Crippen LogP contribution in [0.25, 0.3) is 27.6 Å². The molecule has 5 nitrogen and oxygen atoms in total. The zero-order valence-electron chi connectivity index (χ0n) is 36.9. The Morgan fingerprint density at radius 1 is 0.696 bits per heavy atom. The van der Waals surface area contributed by atoms with E-state index in [0.717, 1.165) is 22.0 Å². The first kappa shape index (κ1) is 34.2. The maximum absolute atomic E-state index is 17.4. The molecule has 0 unspecified atom stereocenters. The van der Waals surface area contributed by atoms with E-state index in [2.05, 4.69) is 69.7 Å². The van der Waals surface area contributed by atoms with Crippen LogP contribution in [0.4, 0.5) is 31.5 Å². The van der Waals surface area contributed by atoms with Crippen LogP contribution in [-0.2, 0) is 43.2 Å². The van der Waals surface area contributed by atoms with E-state index in [9.17, 15) is 0 Å². The average molecular weight is 929 g/mol. The molecule has 1 aliphatic heterocycles. The minimum absolute atomic E-state index is 0. The fourth-order valence-corrected chi connectivity index (χ4v) is 7.08. The van der Waals surface area contributed by atoms with Crippen molar-refractivity contribution in [1.29, 1.82) is 0 Å². The third-order valence-electron chi connectivity index (χ3n) is 10.2. The Hall–Kier alpha value is -5.09. The van der Waals surface area contributed by atoms with Gasteiger partial charge in [0.1, 0.15) is 11.5 Å². The second-order valence-corrected chi connectivity index (χ2v) is 17.2. The molecule has 0 N–H and O–H groups in total. The van der Waals surface area contributed by atoms with Crippen molar-refractivity contribution in [3.8, 4) is 5.82 Å². The summed E-state index contributed by atoms with van der Waals surface area (Å²) in [4.78, 5) is 9.05. The SMILES string of the molecule is [2H]c1c([2H])c([2H])c2c(c1[2H])[N+](c1[c-]c(C(F)(F)c3[c-]c4c(cn3)c3ccccc3n4-c3cc(C(C)(C)C)ccn3)cc(C(C)(C)C)c1)=C=[N+]2c1ccccc1C(C)(C)C.[Pt+2]. The molecule has 7 aromatic rings. The summed E-state index contributed by atoms with van der Waals surface area (Å²) >= 11 is 0. The van der Waals surface area contributed by atoms with Crippen molar-refractivity contribution in [1.82, 2.24) is 23.7 Å². The number of aromatic nitrogens is 3. The van der Waals surface area contributed by atoms with Gasteiger partial charge in [-0.05, 0) is 50.8 Å². The number of nitrogens with zero attached hydrogens (tertiary/aromatic N) is 5. The van der Waals surface area contributed by atoms with E-state index >= 15 is 8.78 Å².